The average Bonchev–Trinajstić information content (AvgIpc) is 2.99. The summed E-state index contributed by atoms with van der Waals surface area (Å²) in [5, 5.41) is 2.91. The number of alkyl halides is 3. The van der Waals surface area contributed by atoms with Crippen LogP contribution < -0.4 is 4.74 Å². The van der Waals surface area contributed by atoms with Crippen molar-refractivity contribution in [3.63, 3.8) is 0 Å². The van der Waals surface area contributed by atoms with Gasteiger partial charge in [-0.1, -0.05) is 0 Å². The molecule has 1 aliphatic carbocycles. The van der Waals surface area contributed by atoms with Gasteiger partial charge in [0.25, 0.3) is 5.91 Å². The lowest BCUT2D eigenvalue weighted by Gasteiger charge is -2.24. The van der Waals surface area contributed by atoms with Crippen LogP contribution in [-0.2, 0) is 15.3 Å². The highest BCUT2D eigenvalue weighted by Gasteiger charge is 2.63. The van der Waals surface area contributed by atoms with Gasteiger partial charge in [0.2, 0.25) is 0 Å². The number of benzene rings is 1. The van der Waals surface area contributed by atoms with Crippen molar-refractivity contribution in [2.75, 3.05) is 19.3 Å². The number of hydrogen-bond acceptors (Lipinski definition) is 6. The van der Waals surface area contributed by atoms with Gasteiger partial charge in [-0.3, -0.25) is 4.79 Å². The van der Waals surface area contributed by atoms with Gasteiger partial charge in [-0.2, -0.15) is 13.2 Å². The Bertz CT molecular complexity index is 1150. The predicted octanol–water partition coefficient (Wildman–Crippen LogP) is 3.60. The summed E-state index contributed by atoms with van der Waals surface area (Å²) in [7, 11) is -3.67. The summed E-state index contributed by atoms with van der Waals surface area (Å²) in [4.78, 5) is 19.2. The van der Waals surface area contributed by atoms with Crippen molar-refractivity contribution in [2.24, 2.45) is 5.92 Å². The maximum Gasteiger partial charge on any atom is 0.425 e. The zero-order valence-electron chi connectivity index (χ0n) is 17.1. The first-order valence-electron chi connectivity index (χ1n) is 9.60. The first-order chi connectivity index (χ1) is 14.3. The number of piperidine rings is 1. The number of nitrogens with zero attached hydrogens (tertiary/aromatic N) is 2. The van der Waals surface area contributed by atoms with Gasteiger partial charge >= 0.3 is 6.18 Å². The van der Waals surface area contributed by atoms with Crippen molar-refractivity contribution in [3.8, 4) is 5.75 Å². The molecule has 6 nitrogen and oxygen atoms in total. The van der Waals surface area contributed by atoms with Crippen LogP contribution in [0.25, 0.3) is 0 Å². The van der Waals surface area contributed by atoms with E-state index in [1.807, 2.05) is 12.3 Å². The summed E-state index contributed by atoms with van der Waals surface area (Å²) in [6.07, 6.45) is -4.91. The Labute approximate surface area is 182 Å². The summed E-state index contributed by atoms with van der Waals surface area (Å²) in [5.41, 5.74) is 0.516. The molecule has 2 fully saturated rings. The average molecular weight is 475 g/mol. The number of aromatic nitrogens is 1. The van der Waals surface area contributed by atoms with Crippen LogP contribution in [0.1, 0.15) is 34.4 Å². The van der Waals surface area contributed by atoms with E-state index in [9.17, 15) is 26.4 Å². The third-order valence-corrected chi connectivity index (χ3v) is 7.82. The summed E-state index contributed by atoms with van der Waals surface area (Å²) in [6, 6.07) is 3.35. The molecular formula is C20H21F3N2O4S2. The van der Waals surface area contributed by atoms with E-state index in [1.165, 1.54) is 11.3 Å². The minimum atomic E-state index is -4.63. The molecule has 31 heavy (non-hydrogen) atoms. The topological polar surface area (TPSA) is 76.6 Å². The molecule has 1 saturated carbocycles. The van der Waals surface area contributed by atoms with E-state index in [1.54, 1.807) is 4.90 Å². The first-order valence-corrected chi connectivity index (χ1v) is 12.4. The number of fused-ring (bicyclic) bond motifs is 1. The molecule has 168 valence electrons. The number of hydrogen-bond donors (Lipinski definition) is 0. The molecule has 2 heterocycles. The molecule has 3 unspecified atom stereocenters. The Morgan fingerprint density at radius 2 is 2.10 bits per heavy atom. The normalized spacial score (nSPS) is 24.1. The van der Waals surface area contributed by atoms with Crippen LogP contribution in [0.4, 0.5) is 13.2 Å². The minimum absolute atomic E-state index is 0.156. The number of likely N-dealkylation sites (tertiary alicyclic amines) is 1. The summed E-state index contributed by atoms with van der Waals surface area (Å²) in [6.45, 7) is 3.56. The van der Waals surface area contributed by atoms with Crippen LogP contribution >= 0.6 is 11.3 Å². The maximum atomic E-state index is 13.3. The van der Waals surface area contributed by atoms with Gasteiger partial charge in [0.05, 0.1) is 21.2 Å². The number of sulfone groups is 1. The van der Waals surface area contributed by atoms with Gasteiger partial charge in [0.15, 0.2) is 15.9 Å². The van der Waals surface area contributed by atoms with Crippen molar-refractivity contribution in [3.05, 3.63) is 39.8 Å². The molecule has 0 radical (unpaired) electrons. The van der Waals surface area contributed by atoms with Gasteiger partial charge in [0.1, 0.15) is 5.75 Å². The van der Waals surface area contributed by atoms with Crippen molar-refractivity contribution in [2.45, 2.75) is 42.9 Å². The summed E-state index contributed by atoms with van der Waals surface area (Å²) in [5.74, 6) is -0.607. The van der Waals surface area contributed by atoms with Crippen LogP contribution in [0, 0.1) is 12.8 Å². The number of carbonyl (C=O) groups excluding carboxylic acids is 1. The smallest absolute Gasteiger partial charge is 0.425 e. The van der Waals surface area contributed by atoms with Crippen LogP contribution in [0.5, 0.6) is 5.75 Å². The monoisotopic (exact) mass is 474 g/mol. The third kappa shape index (κ3) is 4.05. The molecule has 2 aromatic rings. The SMILES string of the molecule is Cc1nc(C23CC2CN(C(=O)c2cc(S(C)(=O)=O)ccc2OC(C)C(F)(F)F)C3)cs1. The Morgan fingerprint density at radius 3 is 2.68 bits per heavy atom. The Kier molecular flexibility index (Phi) is 5.12. The number of ether oxygens (including phenoxy) is 1. The standard InChI is InChI=1S/C20H21F3N2O4S2/c1-11(20(21,22)23)29-16-5-4-14(31(3,27)28)6-15(16)18(26)25-8-13-7-19(13,10-25)17-9-30-12(2)24-17/h4-6,9,11,13H,7-8,10H2,1-3H3. The number of carbonyl (C=O) groups is 1. The Hall–Kier alpha value is -2.14. The third-order valence-electron chi connectivity index (χ3n) is 5.94. The molecule has 1 aromatic carbocycles. The van der Waals surface area contributed by atoms with Crippen molar-refractivity contribution < 1.29 is 31.1 Å². The predicted molar refractivity (Wildman–Crippen MR) is 108 cm³/mol. The van der Waals surface area contributed by atoms with E-state index in [0.29, 0.717) is 13.1 Å². The van der Waals surface area contributed by atoms with Crippen LogP contribution in [0.2, 0.25) is 0 Å². The second-order valence-electron chi connectivity index (χ2n) is 8.23. The fraction of sp³-hybridized carbons (Fsp3) is 0.500. The van der Waals surface area contributed by atoms with Gasteiger partial charge in [0, 0.05) is 30.1 Å². The largest absolute Gasteiger partial charge is 0.480 e. The van der Waals surface area contributed by atoms with Gasteiger partial charge < -0.3 is 9.64 Å². The molecule has 11 heteroatoms. The number of aryl methyl sites for hydroxylation is 1. The van der Waals surface area contributed by atoms with Crippen molar-refractivity contribution >= 4 is 27.1 Å². The van der Waals surface area contributed by atoms with Crippen LogP contribution in [0.15, 0.2) is 28.5 Å². The number of halogens is 3. The fourth-order valence-corrected chi connectivity index (χ4v) is 5.43. The molecule has 1 saturated heterocycles. The van der Waals surface area contributed by atoms with Gasteiger partial charge in [-0.25, -0.2) is 13.4 Å². The van der Waals surface area contributed by atoms with Gasteiger partial charge in [-0.05, 0) is 44.4 Å². The Morgan fingerprint density at radius 1 is 1.39 bits per heavy atom. The molecular weight excluding hydrogens is 453 g/mol. The molecule has 1 aliphatic heterocycles. The lowest BCUT2D eigenvalue weighted by Crippen LogP contribution is -2.35. The molecule has 4 rings (SSSR count). The van der Waals surface area contributed by atoms with Crippen LogP contribution in [-0.4, -0.2) is 55.8 Å². The highest BCUT2D eigenvalue weighted by molar-refractivity contribution is 7.90. The van der Waals surface area contributed by atoms with E-state index in [-0.39, 0.29) is 27.5 Å². The summed E-state index contributed by atoms with van der Waals surface area (Å²) >= 11 is 1.53. The molecule has 1 aromatic heterocycles. The number of thiazole rings is 1. The molecule has 0 bridgehead atoms. The molecule has 1 amide bonds. The lowest BCUT2D eigenvalue weighted by atomic mass is 10.0. The van der Waals surface area contributed by atoms with E-state index >= 15 is 0 Å². The van der Waals surface area contributed by atoms with Crippen molar-refractivity contribution in [1.29, 1.82) is 0 Å². The molecule has 2 aliphatic rings. The van der Waals surface area contributed by atoms with E-state index in [0.717, 1.165) is 48.5 Å². The minimum Gasteiger partial charge on any atom is -0.480 e. The van der Waals surface area contributed by atoms with E-state index in [4.69, 9.17) is 4.74 Å². The highest BCUT2D eigenvalue weighted by Crippen LogP contribution is 2.59. The first kappa shape index (κ1) is 22.1. The second-order valence-corrected chi connectivity index (χ2v) is 11.3. The zero-order chi connectivity index (χ0) is 22.8. The fourth-order valence-electron chi connectivity index (χ4n) is 4.06. The molecule has 0 N–H and O–H groups in total. The Balaban J connectivity index is 1.65. The lowest BCUT2D eigenvalue weighted by molar-refractivity contribution is -0.189. The van der Waals surface area contributed by atoms with E-state index < -0.39 is 28.0 Å². The second kappa shape index (κ2) is 7.19. The molecule has 3 atom stereocenters. The summed E-state index contributed by atoms with van der Waals surface area (Å²) < 4.78 is 68.0. The quantitative estimate of drug-likeness (QED) is 0.662. The highest BCUT2D eigenvalue weighted by atomic mass is 32.2. The van der Waals surface area contributed by atoms with Gasteiger partial charge in [-0.15, -0.1) is 11.3 Å². The van der Waals surface area contributed by atoms with Crippen LogP contribution in [0.3, 0.4) is 0 Å². The number of rotatable bonds is 5. The maximum absolute atomic E-state index is 13.3. The van der Waals surface area contributed by atoms with E-state index in [2.05, 4.69) is 4.98 Å². The van der Waals surface area contributed by atoms with Crippen molar-refractivity contribution in [1.82, 2.24) is 9.88 Å². The zero-order valence-corrected chi connectivity index (χ0v) is 18.7. The number of amides is 1. The molecule has 0 spiro atoms.